The molecule has 9 heteroatoms. The first-order chi connectivity index (χ1) is 17.7. The van der Waals surface area contributed by atoms with Gasteiger partial charge in [-0.2, -0.15) is 0 Å². The Kier molecular flexibility index (Phi) is 8.88. The quantitative estimate of drug-likeness (QED) is 0.274. The van der Waals surface area contributed by atoms with Gasteiger partial charge in [-0.25, -0.2) is 9.97 Å². The van der Waals surface area contributed by atoms with Gasteiger partial charge in [-0.1, -0.05) is 41.5 Å². The van der Waals surface area contributed by atoms with Gasteiger partial charge >= 0.3 is 0 Å². The number of carbonyl (C=O) groups is 1. The van der Waals surface area contributed by atoms with Gasteiger partial charge in [0, 0.05) is 36.9 Å². The van der Waals surface area contributed by atoms with E-state index in [2.05, 4.69) is 56.8 Å². The van der Waals surface area contributed by atoms with Gasteiger partial charge in [-0.3, -0.25) is 4.79 Å². The molecule has 0 bridgehead atoms. The Morgan fingerprint density at radius 3 is 2.54 bits per heavy atom. The highest BCUT2D eigenvalue weighted by Gasteiger charge is 2.49. The van der Waals surface area contributed by atoms with Crippen molar-refractivity contribution in [3.05, 3.63) is 41.7 Å². The standard InChI is InChI=1S/C28H43N3O5Si/c1-17(2)37(18(3)4,19(5)6)36-25-12-22(10-20(25)14-32)31-28-23(13-29-16-30-28)27(33)26-11-21(15-35-26)24-8-7-9-34-24/h11,13,15-20,22,24-25,32H,7-10,12,14H2,1-6H3,(H,29,30,31)/t20-,22-,24-,25+/m1/s1. The fraction of sp³-hybridized carbons (Fsp3) is 0.679. The number of hydrogen-bond acceptors (Lipinski definition) is 8. The lowest BCUT2D eigenvalue weighted by atomic mass is 10.1. The minimum absolute atomic E-state index is 0.0149. The maximum Gasteiger partial charge on any atom is 0.233 e. The number of anilines is 1. The fourth-order valence-corrected chi connectivity index (χ4v) is 12.3. The molecule has 0 spiro atoms. The highest BCUT2D eigenvalue weighted by Crippen LogP contribution is 2.46. The van der Waals surface area contributed by atoms with Crippen LogP contribution in [0, 0.1) is 5.92 Å². The molecule has 1 aliphatic heterocycles. The zero-order valence-corrected chi connectivity index (χ0v) is 24.1. The van der Waals surface area contributed by atoms with Crippen molar-refractivity contribution in [1.82, 2.24) is 9.97 Å². The van der Waals surface area contributed by atoms with Gasteiger partial charge in [-0.05, 0) is 48.4 Å². The van der Waals surface area contributed by atoms with Crippen molar-refractivity contribution in [3.63, 3.8) is 0 Å². The summed E-state index contributed by atoms with van der Waals surface area (Å²) in [5.41, 5.74) is 2.67. The van der Waals surface area contributed by atoms with Crippen LogP contribution >= 0.6 is 0 Å². The second-order valence-corrected chi connectivity index (χ2v) is 17.0. The van der Waals surface area contributed by atoms with Crippen LogP contribution in [0.2, 0.25) is 16.6 Å². The third-order valence-electron chi connectivity index (χ3n) is 8.37. The molecule has 1 saturated carbocycles. The summed E-state index contributed by atoms with van der Waals surface area (Å²) in [6, 6.07) is 1.80. The molecule has 37 heavy (non-hydrogen) atoms. The van der Waals surface area contributed by atoms with Gasteiger partial charge in [-0.15, -0.1) is 0 Å². The van der Waals surface area contributed by atoms with Crippen molar-refractivity contribution < 1.29 is 23.5 Å². The van der Waals surface area contributed by atoms with Gasteiger partial charge in [0.05, 0.1) is 24.0 Å². The lowest BCUT2D eigenvalue weighted by molar-refractivity contribution is 0.0941. The van der Waals surface area contributed by atoms with Crippen LogP contribution in [0.15, 0.2) is 29.3 Å². The molecule has 3 heterocycles. The summed E-state index contributed by atoms with van der Waals surface area (Å²) in [6.45, 7) is 14.5. The number of carbonyl (C=O) groups excluding carboxylic acids is 1. The number of aliphatic hydroxyl groups is 1. The molecular weight excluding hydrogens is 486 g/mol. The molecule has 204 valence electrons. The van der Waals surface area contributed by atoms with Gasteiger partial charge in [0.15, 0.2) is 5.76 Å². The number of ether oxygens (including phenoxy) is 1. The van der Waals surface area contributed by atoms with E-state index in [1.165, 1.54) is 12.5 Å². The highest BCUT2D eigenvalue weighted by atomic mass is 28.4. The smallest absolute Gasteiger partial charge is 0.233 e. The maximum atomic E-state index is 13.4. The molecule has 8 nitrogen and oxygen atoms in total. The van der Waals surface area contributed by atoms with E-state index in [1.54, 1.807) is 12.3 Å². The molecule has 4 rings (SSSR count). The topological polar surface area (TPSA) is 107 Å². The molecule has 0 radical (unpaired) electrons. The van der Waals surface area contributed by atoms with Crippen LogP contribution in [0.1, 0.15) is 95.0 Å². The van der Waals surface area contributed by atoms with Crippen molar-refractivity contribution in [3.8, 4) is 0 Å². The molecule has 0 aromatic carbocycles. The van der Waals surface area contributed by atoms with Crippen molar-refractivity contribution >= 4 is 19.9 Å². The summed E-state index contributed by atoms with van der Waals surface area (Å²) in [7, 11) is -2.10. The molecular formula is C28H43N3O5Si. The molecule has 1 saturated heterocycles. The van der Waals surface area contributed by atoms with Crippen molar-refractivity contribution in [2.24, 2.45) is 5.92 Å². The maximum absolute atomic E-state index is 13.4. The van der Waals surface area contributed by atoms with Gasteiger partial charge in [0.1, 0.15) is 12.1 Å². The first-order valence-electron chi connectivity index (χ1n) is 13.8. The summed E-state index contributed by atoms with van der Waals surface area (Å²) in [5.74, 6) is 0.520. The van der Waals surface area contributed by atoms with E-state index in [0.717, 1.165) is 37.9 Å². The lowest BCUT2D eigenvalue weighted by Crippen LogP contribution is -2.51. The molecule has 4 atom stereocenters. The second-order valence-electron chi connectivity index (χ2n) is 11.6. The number of furan rings is 1. The van der Waals surface area contributed by atoms with Crippen LogP contribution in [0.3, 0.4) is 0 Å². The van der Waals surface area contributed by atoms with E-state index >= 15 is 0 Å². The van der Waals surface area contributed by atoms with Crippen LogP contribution < -0.4 is 5.32 Å². The van der Waals surface area contributed by atoms with E-state index in [0.29, 0.717) is 28.0 Å². The third kappa shape index (κ3) is 5.69. The molecule has 2 aromatic heterocycles. The van der Waals surface area contributed by atoms with Gasteiger partial charge in [0.2, 0.25) is 14.1 Å². The Bertz CT molecular complexity index is 1030. The Labute approximate surface area is 221 Å². The summed E-state index contributed by atoms with van der Waals surface area (Å²) >= 11 is 0. The molecule has 0 unspecified atom stereocenters. The van der Waals surface area contributed by atoms with Gasteiger partial charge in [0.25, 0.3) is 0 Å². The molecule has 2 N–H and O–H groups in total. The average Bonchev–Trinajstić information content (AvgIpc) is 3.62. The zero-order valence-electron chi connectivity index (χ0n) is 23.1. The van der Waals surface area contributed by atoms with Crippen molar-refractivity contribution in [2.45, 2.75) is 102 Å². The number of ketones is 1. The monoisotopic (exact) mass is 529 g/mol. The normalized spacial score (nSPS) is 24.5. The fourth-order valence-electron chi connectivity index (χ4n) is 6.63. The number of rotatable bonds is 11. The van der Waals surface area contributed by atoms with Crippen LogP contribution in [0.25, 0.3) is 0 Å². The number of aromatic nitrogens is 2. The van der Waals surface area contributed by atoms with Crippen molar-refractivity contribution in [2.75, 3.05) is 18.5 Å². The third-order valence-corrected chi connectivity index (χ3v) is 14.5. The highest BCUT2D eigenvalue weighted by molar-refractivity contribution is 6.77. The number of aliphatic hydroxyl groups excluding tert-OH is 1. The summed E-state index contributed by atoms with van der Waals surface area (Å²) in [4.78, 5) is 21.9. The van der Waals surface area contributed by atoms with Gasteiger partial charge < -0.3 is 24.0 Å². The molecule has 2 aliphatic rings. The molecule has 1 aliphatic carbocycles. The summed E-state index contributed by atoms with van der Waals surface area (Å²) < 4.78 is 18.4. The minimum atomic E-state index is -2.10. The van der Waals surface area contributed by atoms with Crippen LogP contribution in [-0.2, 0) is 9.16 Å². The largest absolute Gasteiger partial charge is 0.460 e. The first-order valence-corrected chi connectivity index (χ1v) is 15.9. The van der Waals surface area contributed by atoms with E-state index in [9.17, 15) is 9.90 Å². The molecule has 2 aromatic rings. The minimum Gasteiger partial charge on any atom is -0.460 e. The van der Waals surface area contributed by atoms with E-state index in [-0.39, 0.29) is 42.3 Å². The number of nitrogens with zero attached hydrogens (tertiary/aromatic N) is 2. The SMILES string of the molecule is CC(C)[Si](O[C@H]1C[C@H](Nc2ncncc2C(=O)c2cc([C@H]3CCCO3)co2)C[C@@H]1CO)(C(C)C)C(C)C. The zero-order chi connectivity index (χ0) is 26.7. The Morgan fingerprint density at radius 1 is 1.19 bits per heavy atom. The predicted octanol–water partition coefficient (Wildman–Crippen LogP) is 5.90. The lowest BCUT2D eigenvalue weighted by Gasteiger charge is -2.45. The summed E-state index contributed by atoms with van der Waals surface area (Å²) in [6.07, 6.45) is 8.00. The van der Waals surface area contributed by atoms with Crippen molar-refractivity contribution in [1.29, 1.82) is 0 Å². The average molecular weight is 530 g/mol. The Morgan fingerprint density at radius 2 is 1.92 bits per heavy atom. The first kappa shape index (κ1) is 27.9. The van der Waals surface area contributed by atoms with E-state index in [4.69, 9.17) is 13.6 Å². The van der Waals surface area contributed by atoms with Crippen LogP contribution in [0.5, 0.6) is 0 Å². The van der Waals surface area contributed by atoms with Crippen LogP contribution in [0.4, 0.5) is 5.82 Å². The Hall–Kier alpha value is -2.07. The van der Waals surface area contributed by atoms with E-state index in [1.807, 2.05) is 0 Å². The predicted molar refractivity (Wildman–Crippen MR) is 145 cm³/mol. The Balaban J connectivity index is 1.50. The summed E-state index contributed by atoms with van der Waals surface area (Å²) in [5, 5.41) is 13.7. The number of nitrogens with one attached hydrogen (secondary N) is 1. The van der Waals surface area contributed by atoms with E-state index < -0.39 is 8.32 Å². The van der Waals surface area contributed by atoms with Crippen LogP contribution in [-0.4, -0.2) is 54.5 Å². The number of hydrogen-bond donors (Lipinski definition) is 2. The molecule has 2 fully saturated rings. The molecule has 0 amide bonds. The second kappa shape index (κ2) is 11.8.